The highest BCUT2D eigenvalue weighted by Gasteiger charge is 2.18. The fourth-order valence-electron chi connectivity index (χ4n) is 2.45. The Balaban J connectivity index is 1.84. The van der Waals surface area contributed by atoms with Crippen molar-refractivity contribution in [2.75, 3.05) is 0 Å². The molecule has 0 aliphatic rings. The first-order chi connectivity index (χ1) is 10.5. The van der Waals surface area contributed by atoms with Crippen LogP contribution >= 0.6 is 0 Å². The van der Waals surface area contributed by atoms with Crippen LogP contribution in [0, 0.1) is 19.8 Å². The number of esters is 1. The number of aryl methyl sites for hydroxylation is 2. The lowest BCUT2D eigenvalue weighted by atomic mass is 10.0. The minimum Gasteiger partial charge on any atom is -0.461 e. The van der Waals surface area contributed by atoms with Crippen LogP contribution in [0.4, 0.5) is 0 Å². The van der Waals surface area contributed by atoms with E-state index in [0.717, 1.165) is 12.0 Å². The normalized spacial score (nSPS) is 13.6. The topological polar surface area (TPSA) is 44.1 Å². The van der Waals surface area contributed by atoms with Gasteiger partial charge in [0.1, 0.15) is 6.61 Å². The van der Waals surface area contributed by atoms with E-state index in [1.807, 2.05) is 23.8 Å². The number of imidazole rings is 1. The lowest BCUT2D eigenvalue weighted by molar-refractivity contribution is -0.149. The molecule has 1 heterocycles. The van der Waals surface area contributed by atoms with Crippen LogP contribution in [0.1, 0.15) is 43.0 Å². The standard InChI is InChI=1S/C18H24N2O2/c1-13-5-6-17(10-14(13)2)11-22-18(21)15(3)9-16(4)20-8-7-19-12-20/h5-8,10,12,15-16H,9,11H2,1-4H3. The molecule has 2 rings (SSSR count). The average molecular weight is 300 g/mol. The van der Waals surface area contributed by atoms with E-state index >= 15 is 0 Å². The van der Waals surface area contributed by atoms with E-state index < -0.39 is 0 Å². The fraction of sp³-hybridized carbons (Fsp3) is 0.444. The number of hydrogen-bond donors (Lipinski definition) is 0. The summed E-state index contributed by atoms with van der Waals surface area (Å²) < 4.78 is 7.45. The average Bonchev–Trinajstić information content (AvgIpc) is 3.02. The zero-order chi connectivity index (χ0) is 16.1. The van der Waals surface area contributed by atoms with Gasteiger partial charge in [0.25, 0.3) is 0 Å². The molecule has 0 bridgehead atoms. The third-order valence-corrected chi connectivity index (χ3v) is 4.08. The van der Waals surface area contributed by atoms with Crippen molar-refractivity contribution in [1.82, 2.24) is 9.55 Å². The summed E-state index contributed by atoms with van der Waals surface area (Å²) in [5, 5.41) is 0. The first kappa shape index (κ1) is 16.3. The summed E-state index contributed by atoms with van der Waals surface area (Å²) in [4.78, 5) is 16.2. The Morgan fingerprint density at radius 3 is 2.68 bits per heavy atom. The predicted molar refractivity (Wildman–Crippen MR) is 86.4 cm³/mol. The summed E-state index contributed by atoms with van der Waals surface area (Å²) in [6.07, 6.45) is 6.18. The van der Waals surface area contributed by atoms with Crippen LogP contribution in [0.5, 0.6) is 0 Å². The molecule has 0 radical (unpaired) electrons. The van der Waals surface area contributed by atoms with Crippen molar-refractivity contribution in [3.05, 3.63) is 53.6 Å². The van der Waals surface area contributed by atoms with Crippen molar-refractivity contribution in [3.8, 4) is 0 Å². The maximum Gasteiger partial charge on any atom is 0.309 e. The van der Waals surface area contributed by atoms with E-state index in [1.54, 1.807) is 12.5 Å². The van der Waals surface area contributed by atoms with Crippen molar-refractivity contribution in [1.29, 1.82) is 0 Å². The molecule has 1 aromatic heterocycles. The molecule has 2 atom stereocenters. The summed E-state index contributed by atoms with van der Waals surface area (Å²) in [6, 6.07) is 6.37. The van der Waals surface area contributed by atoms with Gasteiger partial charge < -0.3 is 9.30 Å². The number of nitrogens with zero attached hydrogens (tertiary/aromatic N) is 2. The van der Waals surface area contributed by atoms with Gasteiger partial charge in [0, 0.05) is 18.4 Å². The molecule has 4 nitrogen and oxygen atoms in total. The van der Waals surface area contributed by atoms with Gasteiger partial charge in [0.15, 0.2) is 0 Å². The molecular formula is C18H24N2O2. The Morgan fingerprint density at radius 2 is 2.05 bits per heavy atom. The van der Waals surface area contributed by atoms with Gasteiger partial charge in [-0.3, -0.25) is 4.79 Å². The highest BCUT2D eigenvalue weighted by atomic mass is 16.5. The lowest BCUT2D eigenvalue weighted by Crippen LogP contribution is -2.18. The van der Waals surface area contributed by atoms with E-state index in [9.17, 15) is 4.79 Å². The van der Waals surface area contributed by atoms with Gasteiger partial charge in [-0.2, -0.15) is 0 Å². The van der Waals surface area contributed by atoms with Crippen LogP contribution in [0.2, 0.25) is 0 Å². The number of rotatable bonds is 6. The molecule has 0 fully saturated rings. The Morgan fingerprint density at radius 1 is 1.27 bits per heavy atom. The minimum absolute atomic E-state index is 0.135. The second-order valence-corrected chi connectivity index (χ2v) is 6.02. The molecule has 2 aromatic rings. The second kappa shape index (κ2) is 7.25. The number of benzene rings is 1. The minimum atomic E-state index is -0.148. The van der Waals surface area contributed by atoms with E-state index in [4.69, 9.17) is 4.74 Å². The monoisotopic (exact) mass is 300 g/mol. The molecule has 1 aromatic carbocycles. The van der Waals surface area contributed by atoms with Crippen LogP contribution < -0.4 is 0 Å². The first-order valence-electron chi connectivity index (χ1n) is 7.67. The van der Waals surface area contributed by atoms with Crippen LogP contribution in [-0.4, -0.2) is 15.5 Å². The molecule has 0 aliphatic carbocycles. The number of aromatic nitrogens is 2. The van der Waals surface area contributed by atoms with E-state index in [0.29, 0.717) is 6.61 Å². The van der Waals surface area contributed by atoms with Gasteiger partial charge in [0.05, 0.1) is 12.2 Å². The van der Waals surface area contributed by atoms with E-state index in [2.05, 4.69) is 37.9 Å². The molecule has 2 unspecified atom stereocenters. The van der Waals surface area contributed by atoms with Gasteiger partial charge in [-0.1, -0.05) is 25.1 Å². The van der Waals surface area contributed by atoms with Gasteiger partial charge in [-0.05, 0) is 43.9 Å². The number of carbonyl (C=O) groups excluding carboxylic acids is 1. The second-order valence-electron chi connectivity index (χ2n) is 6.02. The van der Waals surface area contributed by atoms with E-state index in [1.165, 1.54) is 11.1 Å². The summed E-state index contributed by atoms with van der Waals surface area (Å²) in [7, 11) is 0. The molecule has 0 amide bonds. The molecule has 118 valence electrons. The Kier molecular flexibility index (Phi) is 5.36. The summed E-state index contributed by atoms with van der Waals surface area (Å²) in [5.74, 6) is -0.283. The summed E-state index contributed by atoms with van der Waals surface area (Å²) in [6.45, 7) is 8.47. The van der Waals surface area contributed by atoms with Crippen LogP contribution in [0.25, 0.3) is 0 Å². The van der Waals surface area contributed by atoms with Gasteiger partial charge in [-0.15, -0.1) is 0 Å². The van der Waals surface area contributed by atoms with Crippen molar-refractivity contribution in [2.45, 2.75) is 46.8 Å². The highest BCUT2D eigenvalue weighted by molar-refractivity contribution is 5.72. The number of hydrogen-bond acceptors (Lipinski definition) is 3. The fourth-order valence-corrected chi connectivity index (χ4v) is 2.45. The zero-order valence-electron chi connectivity index (χ0n) is 13.7. The molecule has 0 spiro atoms. The van der Waals surface area contributed by atoms with E-state index in [-0.39, 0.29) is 17.9 Å². The maximum absolute atomic E-state index is 12.1. The van der Waals surface area contributed by atoms with Crippen LogP contribution in [0.3, 0.4) is 0 Å². The Hall–Kier alpha value is -2.10. The van der Waals surface area contributed by atoms with Crippen molar-refractivity contribution in [3.63, 3.8) is 0 Å². The molecule has 0 aliphatic heterocycles. The van der Waals surface area contributed by atoms with Gasteiger partial charge in [0.2, 0.25) is 0 Å². The maximum atomic E-state index is 12.1. The molecule has 0 saturated carbocycles. The molecule has 0 N–H and O–H groups in total. The molecule has 4 heteroatoms. The molecular weight excluding hydrogens is 276 g/mol. The SMILES string of the molecule is Cc1ccc(COC(=O)C(C)CC(C)n2ccnc2)cc1C. The molecule has 22 heavy (non-hydrogen) atoms. The van der Waals surface area contributed by atoms with Crippen molar-refractivity contribution < 1.29 is 9.53 Å². The molecule has 0 saturated heterocycles. The summed E-state index contributed by atoms with van der Waals surface area (Å²) >= 11 is 0. The third-order valence-electron chi connectivity index (χ3n) is 4.08. The predicted octanol–water partition coefficient (Wildman–Crippen LogP) is 3.83. The number of ether oxygens (including phenoxy) is 1. The largest absolute Gasteiger partial charge is 0.461 e. The first-order valence-corrected chi connectivity index (χ1v) is 7.67. The quantitative estimate of drug-likeness (QED) is 0.762. The van der Waals surface area contributed by atoms with Crippen molar-refractivity contribution >= 4 is 5.97 Å². The highest BCUT2D eigenvalue weighted by Crippen LogP contribution is 2.19. The number of carbonyl (C=O) groups is 1. The lowest BCUT2D eigenvalue weighted by Gasteiger charge is -2.17. The third kappa shape index (κ3) is 4.20. The van der Waals surface area contributed by atoms with Gasteiger partial charge in [-0.25, -0.2) is 4.98 Å². The van der Waals surface area contributed by atoms with Crippen LogP contribution in [0.15, 0.2) is 36.9 Å². The van der Waals surface area contributed by atoms with Crippen LogP contribution in [-0.2, 0) is 16.1 Å². The zero-order valence-corrected chi connectivity index (χ0v) is 13.7. The smallest absolute Gasteiger partial charge is 0.309 e. The van der Waals surface area contributed by atoms with Gasteiger partial charge >= 0.3 is 5.97 Å². The Bertz CT molecular complexity index is 620. The summed E-state index contributed by atoms with van der Waals surface area (Å²) in [5.41, 5.74) is 3.50. The van der Waals surface area contributed by atoms with Crippen molar-refractivity contribution in [2.24, 2.45) is 5.92 Å². The Labute approximate surface area is 132 Å².